The lowest BCUT2D eigenvalue weighted by Crippen LogP contribution is -2.03. The monoisotopic (exact) mass is 440 g/mol. The topological polar surface area (TPSA) is 20.2 Å². The Morgan fingerprint density at radius 1 is 1.17 bits per heavy atom. The summed E-state index contributed by atoms with van der Waals surface area (Å²) in [6.07, 6.45) is -0.947. The maximum atomic E-state index is 13.2. The molecule has 0 aromatic heterocycles. The van der Waals surface area contributed by atoms with Crippen molar-refractivity contribution in [1.82, 2.24) is 0 Å². The number of benzene rings is 2. The van der Waals surface area contributed by atoms with Gasteiger partial charge in [0, 0.05) is 18.6 Å². The van der Waals surface area contributed by atoms with E-state index in [1.807, 2.05) is 12.1 Å². The van der Waals surface area contributed by atoms with Gasteiger partial charge in [0.2, 0.25) is 0 Å². The van der Waals surface area contributed by atoms with Crippen LogP contribution in [0.5, 0.6) is 0 Å². The number of rotatable bonds is 2. The number of aliphatic hydroxyl groups excluding tert-OH is 1. The standard InChI is InChI=1S/C13H8BrClFIO/c14-7-1-4-12(17)10(5-7)13(18)9-6-8(16)2-3-11(9)15/h1-6,13,18H. The van der Waals surface area contributed by atoms with E-state index in [1.54, 1.807) is 6.07 Å². The minimum absolute atomic E-state index is 0.347. The van der Waals surface area contributed by atoms with Crippen LogP contribution in [0.25, 0.3) is 0 Å². The van der Waals surface area contributed by atoms with Crippen molar-refractivity contribution in [2.75, 3.05) is 0 Å². The van der Waals surface area contributed by atoms with Crippen LogP contribution in [0.3, 0.4) is 0 Å². The Hall–Kier alpha value is -0.170. The number of aliphatic hydroxyl groups is 1. The van der Waals surface area contributed by atoms with Gasteiger partial charge in [-0.15, -0.1) is 0 Å². The molecule has 2 rings (SSSR count). The van der Waals surface area contributed by atoms with Crippen LogP contribution in [0.15, 0.2) is 40.9 Å². The molecule has 0 saturated heterocycles. The number of halogens is 4. The Balaban J connectivity index is 2.50. The molecule has 0 aliphatic rings. The van der Waals surface area contributed by atoms with E-state index < -0.39 is 11.9 Å². The first-order valence-electron chi connectivity index (χ1n) is 5.07. The minimum Gasteiger partial charge on any atom is -0.384 e. The third-order valence-corrected chi connectivity index (χ3v) is 4.33. The molecule has 2 aromatic rings. The predicted octanol–water partition coefficient (Wildman–Crippen LogP) is 4.93. The summed E-state index contributed by atoms with van der Waals surface area (Å²) < 4.78 is 15.0. The summed E-state index contributed by atoms with van der Waals surface area (Å²) in [4.78, 5) is 0. The quantitative estimate of drug-likeness (QED) is 0.656. The van der Waals surface area contributed by atoms with Crippen LogP contribution in [-0.4, -0.2) is 5.11 Å². The largest absolute Gasteiger partial charge is 0.384 e. The Kier molecular flexibility index (Phi) is 4.64. The van der Waals surface area contributed by atoms with Crippen molar-refractivity contribution >= 4 is 50.1 Å². The van der Waals surface area contributed by atoms with E-state index in [0.717, 1.165) is 8.04 Å². The summed E-state index contributed by atoms with van der Waals surface area (Å²) in [5.74, 6) is -0.418. The maximum Gasteiger partial charge on any atom is 0.123 e. The maximum absolute atomic E-state index is 13.2. The lowest BCUT2D eigenvalue weighted by molar-refractivity contribution is 0.219. The van der Waals surface area contributed by atoms with Crippen molar-refractivity contribution in [3.63, 3.8) is 0 Å². The minimum atomic E-state index is -0.947. The van der Waals surface area contributed by atoms with E-state index in [1.165, 1.54) is 18.2 Å². The summed E-state index contributed by atoms with van der Waals surface area (Å²) in [6, 6.07) is 9.52. The van der Waals surface area contributed by atoms with E-state index in [2.05, 4.69) is 38.5 Å². The molecule has 5 heteroatoms. The zero-order valence-electron chi connectivity index (χ0n) is 9.00. The highest BCUT2D eigenvalue weighted by Gasteiger charge is 2.17. The lowest BCUT2D eigenvalue weighted by atomic mass is 10.0. The van der Waals surface area contributed by atoms with Gasteiger partial charge in [-0.2, -0.15) is 0 Å². The average molecular weight is 441 g/mol. The molecule has 1 nitrogen and oxygen atoms in total. The van der Waals surface area contributed by atoms with Crippen LogP contribution in [0.1, 0.15) is 17.2 Å². The molecule has 0 spiro atoms. The fraction of sp³-hybridized carbons (Fsp3) is 0.0769. The van der Waals surface area contributed by atoms with Gasteiger partial charge in [-0.05, 0) is 64.6 Å². The molecule has 0 radical (unpaired) electrons. The van der Waals surface area contributed by atoms with Crippen molar-refractivity contribution in [2.24, 2.45) is 0 Å². The molecule has 1 atom stereocenters. The first-order valence-corrected chi connectivity index (χ1v) is 7.32. The first-order chi connectivity index (χ1) is 8.49. The predicted molar refractivity (Wildman–Crippen MR) is 82.3 cm³/mol. The lowest BCUT2D eigenvalue weighted by Gasteiger charge is -2.15. The highest BCUT2D eigenvalue weighted by Crippen LogP contribution is 2.32. The average Bonchev–Trinajstić information content (AvgIpc) is 2.34. The van der Waals surface area contributed by atoms with Crippen molar-refractivity contribution in [1.29, 1.82) is 0 Å². The highest BCUT2D eigenvalue weighted by molar-refractivity contribution is 14.1. The van der Waals surface area contributed by atoms with E-state index in [-0.39, 0.29) is 0 Å². The first kappa shape index (κ1) is 14.2. The van der Waals surface area contributed by atoms with Gasteiger partial charge in [-0.25, -0.2) is 4.39 Å². The molecule has 1 N–H and O–H groups in total. The molecule has 0 heterocycles. The summed E-state index contributed by atoms with van der Waals surface area (Å²) in [5.41, 5.74) is 1.06. The Morgan fingerprint density at radius 2 is 1.89 bits per heavy atom. The Labute approximate surface area is 131 Å². The molecular weight excluding hydrogens is 433 g/mol. The van der Waals surface area contributed by atoms with Gasteiger partial charge in [0.1, 0.15) is 11.9 Å². The van der Waals surface area contributed by atoms with Gasteiger partial charge < -0.3 is 5.11 Å². The fourth-order valence-electron chi connectivity index (χ4n) is 1.62. The van der Waals surface area contributed by atoms with Crippen molar-refractivity contribution in [2.45, 2.75) is 6.10 Å². The van der Waals surface area contributed by atoms with Crippen molar-refractivity contribution in [3.8, 4) is 0 Å². The van der Waals surface area contributed by atoms with Crippen LogP contribution in [0.4, 0.5) is 4.39 Å². The molecule has 1 unspecified atom stereocenters. The second-order valence-corrected chi connectivity index (χ2v) is 6.22. The van der Waals surface area contributed by atoms with Crippen LogP contribution >= 0.6 is 50.1 Å². The van der Waals surface area contributed by atoms with Crippen molar-refractivity contribution in [3.05, 3.63) is 66.4 Å². The molecular formula is C13H8BrClFIO. The molecule has 0 aliphatic heterocycles. The molecule has 0 saturated carbocycles. The van der Waals surface area contributed by atoms with Crippen LogP contribution < -0.4 is 0 Å². The van der Waals surface area contributed by atoms with Gasteiger partial charge in [0.15, 0.2) is 0 Å². The molecule has 0 aliphatic carbocycles. The summed E-state index contributed by atoms with van der Waals surface area (Å²) >= 11 is 11.5. The Morgan fingerprint density at radius 3 is 2.61 bits per heavy atom. The smallest absolute Gasteiger partial charge is 0.123 e. The second-order valence-electron chi connectivity index (χ2n) is 3.73. The molecule has 2 aromatic carbocycles. The SMILES string of the molecule is OC(c1cc(F)ccc1Cl)c1cc(Br)ccc1I. The van der Waals surface area contributed by atoms with Gasteiger partial charge in [0.25, 0.3) is 0 Å². The van der Waals surface area contributed by atoms with E-state index >= 15 is 0 Å². The second kappa shape index (κ2) is 5.86. The summed E-state index contributed by atoms with van der Waals surface area (Å²) in [6.45, 7) is 0. The van der Waals surface area contributed by atoms with Crippen LogP contribution in [0, 0.1) is 9.39 Å². The van der Waals surface area contributed by atoms with Crippen LogP contribution in [-0.2, 0) is 0 Å². The fourth-order valence-corrected chi connectivity index (χ4v) is 2.85. The van der Waals surface area contributed by atoms with Gasteiger partial charge in [-0.1, -0.05) is 27.5 Å². The van der Waals surface area contributed by atoms with E-state index in [9.17, 15) is 9.50 Å². The van der Waals surface area contributed by atoms with Gasteiger partial charge in [0.05, 0.1) is 0 Å². The van der Waals surface area contributed by atoms with E-state index in [4.69, 9.17) is 11.6 Å². The molecule has 94 valence electrons. The third-order valence-electron chi connectivity index (χ3n) is 2.51. The summed E-state index contributed by atoms with van der Waals surface area (Å²) in [5, 5.41) is 10.7. The molecule has 0 bridgehead atoms. The van der Waals surface area contributed by atoms with E-state index in [0.29, 0.717) is 16.1 Å². The zero-order chi connectivity index (χ0) is 13.3. The molecule has 0 fully saturated rings. The van der Waals surface area contributed by atoms with Crippen molar-refractivity contribution < 1.29 is 9.50 Å². The molecule has 0 amide bonds. The third kappa shape index (κ3) is 3.04. The summed E-state index contributed by atoms with van der Waals surface area (Å²) in [7, 11) is 0. The van der Waals surface area contributed by atoms with Gasteiger partial charge in [-0.3, -0.25) is 0 Å². The normalized spacial score (nSPS) is 12.5. The molecule has 18 heavy (non-hydrogen) atoms. The zero-order valence-corrected chi connectivity index (χ0v) is 13.5. The van der Waals surface area contributed by atoms with Crippen LogP contribution in [0.2, 0.25) is 5.02 Å². The number of hydrogen-bond acceptors (Lipinski definition) is 1. The Bertz CT molecular complexity index is 540. The highest BCUT2D eigenvalue weighted by atomic mass is 127. The number of hydrogen-bond donors (Lipinski definition) is 1. The van der Waals surface area contributed by atoms with Gasteiger partial charge >= 0.3 is 0 Å².